The molecular formula is C6H10O7S2. The Balaban J connectivity index is 0. The molecule has 0 saturated heterocycles. The lowest BCUT2D eigenvalue weighted by molar-refractivity contribution is 0.296. The molecule has 0 atom stereocenters. The quantitative estimate of drug-likeness (QED) is 0.419. The second-order valence-corrected chi connectivity index (χ2v) is 4.19. The molecule has 0 radical (unpaired) electrons. The van der Waals surface area contributed by atoms with Crippen molar-refractivity contribution in [2.75, 3.05) is 6.61 Å². The molecule has 9 heteroatoms. The molecule has 0 aliphatic carbocycles. The van der Waals surface area contributed by atoms with E-state index in [0.29, 0.717) is 5.41 Å². The number of hydrogen-bond acceptors (Lipinski definition) is 5. The monoisotopic (exact) mass is 258 g/mol. The first-order valence-corrected chi connectivity index (χ1v) is 6.05. The van der Waals surface area contributed by atoms with E-state index in [9.17, 15) is 16.8 Å². The SMILES string of the molecule is C=C=CS(=O)(=O)O.C=CCOS(=O)(=O)O. The molecule has 0 aromatic carbocycles. The molecule has 0 rings (SSSR count). The summed E-state index contributed by atoms with van der Waals surface area (Å²) in [5.74, 6) is 0. The van der Waals surface area contributed by atoms with Crippen LogP contribution in [0.25, 0.3) is 0 Å². The largest absolute Gasteiger partial charge is 0.397 e. The predicted octanol–water partition coefficient (Wildman–Crippen LogP) is 0.165. The Hall–Kier alpha value is -0.960. The maximum Gasteiger partial charge on any atom is 0.397 e. The molecule has 0 fully saturated rings. The highest BCUT2D eigenvalue weighted by Crippen LogP contribution is 1.83. The van der Waals surface area contributed by atoms with E-state index in [4.69, 9.17) is 9.11 Å². The van der Waals surface area contributed by atoms with Crippen molar-refractivity contribution >= 4 is 20.5 Å². The van der Waals surface area contributed by atoms with Gasteiger partial charge in [0.15, 0.2) is 0 Å². The van der Waals surface area contributed by atoms with Gasteiger partial charge < -0.3 is 0 Å². The van der Waals surface area contributed by atoms with Gasteiger partial charge in [-0.3, -0.25) is 9.11 Å². The molecule has 7 nitrogen and oxygen atoms in total. The second-order valence-electron chi connectivity index (χ2n) is 1.84. The van der Waals surface area contributed by atoms with E-state index < -0.39 is 20.5 Å². The molecule has 0 heterocycles. The molecule has 15 heavy (non-hydrogen) atoms. The van der Waals surface area contributed by atoms with E-state index in [0.717, 1.165) is 0 Å². The van der Waals surface area contributed by atoms with Crippen LogP contribution in [0.1, 0.15) is 0 Å². The maximum atomic E-state index is 9.68. The van der Waals surface area contributed by atoms with Gasteiger partial charge in [-0.1, -0.05) is 12.7 Å². The summed E-state index contributed by atoms with van der Waals surface area (Å²) in [6.45, 7) is 5.89. The van der Waals surface area contributed by atoms with Gasteiger partial charge in [-0.25, -0.2) is 4.18 Å². The van der Waals surface area contributed by atoms with Gasteiger partial charge in [0.05, 0.1) is 12.0 Å². The van der Waals surface area contributed by atoms with Crippen molar-refractivity contribution in [3.8, 4) is 0 Å². The molecule has 0 spiro atoms. The van der Waals surface area contributed by atoms with Crippen LogP contribution in [0.3, 0.4) is 0 Å². The van der Waals surface area contributed by atoms with E-state index in [1.54, 1.807) is 0 Å². The lowest BCUT2D eigenvalue weighted by atomic mass is 10.7. The molecule has 0 bridgehead atoms. The molecular weight excluding hydrogens is 248 g/mol. The summed E-state index contributed by atoms with van der Waals surface area (Å²) in [5, 5.41) is 0.479. The number of rotatable bonds is 4. The van der Waals surface area contributed by atoms with Crippen LogP contribution in [0.2, 0.25) is 0 Å². The molecule has 0 aromatic rings. The van der Waals surface area contributed by atoms with Gasteiger partial charge in [0, 0.05) is 0 Å². The van der Waals surface area contributed by atoms with Crippen molar-refractivity contribution in [2.45, 2.75) is 0 Å². The van der Waals surface area contributed by atoms with Crippen molar-refractivity contribution in [1.29, 1.82) is 0 Å². The Morgan fingerprint density at radius 3 is 1.80 bits per heavy atom. The van der Waals surface area contributed by atoms with Crippen LogP contribution in [-0.4, -0.2) is 32.5 Å². The van der Waals surface area contributed by atoms with Crippen molar-refractivity contribution < 1.29 is 30.1 Å². The minimum atomic E-state index is -4.26. The highest BCUT2D eigenvalue weighted by molar-refractivity contribution is 7.88. The van der Waals surface area contributed by atoms with Gasteiger partial charge >= 0.3 is 10.4 Å². The Morgan fingerprint density at radius 1 is 1.27 bits per heavy atom. The van der Waals surface area contributed by atoms with E-state index >= 15 is 0 Å². The average molecular weight is 258 g/mol. The first kappa shape index (κ1) is 16.5. The van der Waals surface area contributed by atoms with Crippen molar-refractivity contribution in [3.05, 3.63) is 30.4 Å². The van der Waals surface area contributed by atoms with Gasteiger partial charge in [-0.05, 0) is 0 Å². The van der Waals surface area contributed by atoms with E-state index in [1.807, 2.05) is 5.73 Å². The minimum absolute atomic E-state index is 0.196. The average Bonchev–Trinajstić information content (AvgIpc) is 1.98. The number of hydrogen-bond donors (Lipinski definition) is 2. The summed E-state index contributed by atoms with van der Waals surface area (Å²) in [6, 6.07) is 0. The molecule has 0 aliphatic heterocycles. The van der Waals surface area contributed by atoms with Crippen LogP contribution in [0, 0.1) is 0 Å². The van der Waals surface area contributed by atoms with Gasteiger partial charge in [-0.15, -0.1) is 12.3 Å². The fraction of sp³-hybridized carbons (Fsp3) is 0.167. The van der Waals surface area contributed by atoms with Crippen molar-refractivity contribution in [2.24, 2.45) is 0 Å². The van der Waals surface area contributed by atoms with Gasteiger partial charge in [-0.2, -0.15) is 16.8 Å². The molecule has 0 aromatic heterocycles. The highest BCUT2D eigenvalue weighted by atomic mass is 32.3. The van der Waals surface area contributed by atoms with Crippen LogP contribution < -0.4 is 0 Å². The first-order chi connectivity index (χ1) is 6.62. The summed E-state index contributed by atoms with van der Waals surface area (Å²) in [5.41, 5.74) is 1.89. The third kappa shape index (κ3) is 24.6. The highest BCUT2D eigenvalue weighted by Gasteiger charge is 1.99. The standard InChI is InChI=1S/C3H6O4S.C3H4O3S/c1-2-3-7-8(4,5)6;1-2-3-7(4,5)6/h2H,1,3H2,(H,4,5,6);3H,1H2,(H,4,5,6). The third-order valence-corrected chi connectivity index (χ3v) is 1.47. The zero-order chi connectivity index (χ0) is 12.5. The smallest absolute Gasteiger partial charge is 0.282 e. The van der Waals surface area contributed by atoms with Gasteiger partial charge in [0.25, 0.3) is 10.1 Å². The predicted molar refractivity (Wildman–Crippen MR) is 53.0 cm³/mol. The summed E-state index contributed by atoms with van der Waals surface area (Å²) >= 11 is 0. The van der Waals surface area contributed by atoms with Crippen LogP contribution in [0.15, 0.2) is 30.4 Å². The van der Waals surface area contributed by atoms with Crippen molar-refractivity contribution in [3.63, 3.8) is 0 Å². The van der Waals surface area contributed by atoms with E-state index in [1.165, 1.54) is 6.08 Å². The van der Waals surface area contributed by atoms with E-state index in [2.05, 4.69) is 17.3 Å². The molecule has 88 valence electrons. The van der Waals surface area contributed by atoms with Crippen LogP contribution in [0.4, 0.5) is 0 Å². The lowest BCUT2D eigenvalue weighted by Crippen LogP contribution is -2.02. The normalized spacial score (nSPS) is 10.5. The van der Waals surface area contributed by atoms with Crippen LogP contribution in [-0.2, 0) is 24.7 Å². The molecule has 0 unspecified atom stereocenters. The van der Waals surface area contributed by atoms with Crippen LogP contribution >= 0.6 is 0 Å². The maximum absolute atomic E-state index is 9.68. The summed E-state index contributed by atoms with van der Waals surface area (Å²) < 4.78 is 58.1. The summed E-state index contributed by atoms with van der Waals surface area (Å²) in [4.78, 5) is 0. The Labute approximate surface area is 88.1 Å². The summed E-state index contributed by atoms with van der Waals surface area (Å²) in [7, 11) is -8.23. The second kappa shape index (κ2) is 7.35. The Bertz CT molecular complexity index is 424. The fourth-order valence-corrected chi connectivity index (χ4v) is 0.718. The molecule has 2 N–H and O–H groups in total. The zero-order valence-corrected chi connectivity index (χ0v) is 9.16. The van der Waals surface area contributed by atoms with Gasteiger partial charge in [0.1, 0.15) is 0 Å². The Kier molecular flexibility index (Phi) is 8.07. The van der Waals surface area contributed by atoms with Crippen LogP contribution in [0.5, 0.6) is 0 Å². The third-order valence-electron chi connectivity index (χ3n) is 0.567. The van der Waals surface area contributed by atoms with E-state index in [-0.39, 0.29) is 6.61 Å². The Morgan fingerprint density at radius 2 is 1.73 bits per heavy atom. The molecule has 0 aliphatic rings. The lowest BCUT2D eigenvalue weighted by Gasteiger charge is -1.90. The van der Waals surface area contributed by atoms with Gasteiger partial charge in [0.2, 0.25) is 0 Å². The van der Waals surface area contributed by atoms with Crippen molar-refractivity contribution in [1.82, 2.24) is 0 Å². The molecule has 0 amide bonds. The first-order valence-electron chi connectivity index (χ1n) is 3.18. The zero-order valence-electron chi connectivity index (χ0n) is 7.53. The summed E-state index contributed by atoms with van der Waals surface area (Å²) in [6.07, 6.45) is 1.22. The molecule has 0 saturated carbocycles. The topological polar surface area (TPSA) is 118 Å². The fourth-order valence-electron chi connectivity index (χ4n) is 0.239. The minimum Gasteiger partial charge on any atom is -0.282 e.